The first-order valence-electron chi connectivity index (χ1n) is 5.24. The molecule has 0 aromatic heterocycles. The van der Waals surface area contributed by atoms with Crippen LogP contribution in [0.3, 0.4) is 0 Å². The van der Waals surface area contributed by atoms with Crippen molar-refractivity contribution in [2.24, 2.45) is 5.73 Å². The summed E-state index contributed by atoms with van der Waals surface area (Å²) in [4.78, 5) is 0. The Kier molecular flexibility index (Phi) is 3.03. The van der Waals surface area contributed by atoms with E-state index < -0.39 is 0 Å². The van der Waals surface area contributed by atoms with Gasteiger partial charge in [-0.05, 0) is 49.4 Å². The molecule has 2 N–H and O–H groups in total. The second-order valence-electron chi connectivity index (χ2n) is 4.32. The molecule has 1 aromatic rings. The third-order valence-electron chi connectivity index (χ3n) is 3.03. The molecule has 1 saturated carbocycles. The Bertz CT molecular complexity index is 361. The highest BCUT2D eigenvalue weighted by molar-refractivity contribution is 9.10. The highest BCUT2D eigenvalue weighted by atomic mass is 79.9. The minimum Gasteiger partial charge on any atom is -0.496 e. The van der Waals surface area contributed by atoms with E-state index in [2.05, 4.69) is 22.0 Å². The van der Waals surface area contributed by atoms with E-state index in [0.29, 0.717) is 0 Å². The Morgan fingerprint density at radius 3 is 2.80 bits per heavy atom. The van der Waals surface area contributed by atoms with Crippen molar-refractivity contribution in [3.8, 4) is 5.75 Å². The van der Waals surface area contributed by atoms with Gasteiger partial charge in [0.25, 0.3) is 0 Å². The van der Waals surface area contributed by atoms with E-state index in [1.54, 1.807) is 7.11 Å². The molecule has 0 radical (unpaired) electrons. The second-order valence-corrected chi connectivity index (χ2v) is 5.23. The van der Waals surface area contributed by atoms with Gasteiger partial charge in [-0.25, -0.2) is 0 Å². The number of hydrogen-bond acceptors (Lipinski definition) is 2. The Labute approximate surface area is 98.9 Å². The normalized spacial score (nSPS) is 17.5. The number of ether oxygens (including phenoxy) is 1. The maximum absolute atomic E-state index is 6.07. The van der Waals surface area contributed by atoms with Crippen molar-refractivity contribution < 1.29 is 4.74 Å². The lowest BCUT2D eigenvalue weighted by Gasteiger charge is -2.11. The van der Waals surface area contributed by atoms with Gasteiger partial charge in [0.2, 0.25) is 0 Å². The van der Waals surface area contributed by atoms with Crippen LogP contribution in [-0.4, -0.2) is 12.6 Å². The topological polar surface area (TPSA) is 35.2 Å². The fraction of sp³-hybridized carbons (Fsp3) is 0.500. The first-order valence-corrected chi connectivity index (χ1v) is 6.04. The smallest absolute Gasteiger partial charge is 0.122 e. The monoisotopic (exact) mass is 269 g/mol. The van der Waals surface area contributed by atoms with Crippen molar-refractivity contribution in [2.75, 3.05) is 7.11 Å². The second kappa shape index (κ2) is 4.14. The number of rotatable bonds is 4. The van der Waals surface area contributed by atoms with Crippen molar-refractivity contribution in [3.63, 3.8) is 0 Å². The summed E-state index contributed by atoms with van der Waals surface area (Å²) in [6.07, 6.45) is 4.39. The molecule has 3 heteroatoms. The van der Waals surface area contributed by atoms with Crippen molar-refractivity contribution in [1.29, 1.82) is 0 Å². The quantitative estimate of drug-likeness (QED) is 0.913. The molecule has 0 spiro atoms. The Hall–Kier alpha value is -0.540. The molecule has 1 aromatic carbocycles. The fourth-order valence-electron chi connectivity index (χ4n) is 1.74. The zero-order valence-electron chi connectivity index (χ0n) is 8.92. The Balaban J connectivity index is 2.08. The lowest BCUT2D eigenvalue weighted by atomic mass is 10.0. The molecule has 2 rings (SSSR count). The molecule has 0 aliphatic heterocycles. The molecular weight excluding hydrogens is 254 g/mol. The molecule has 0 saturated heterocycles. The van der Waals surface area contributed by atoms with Crippen LogP contribution in [-0.2, 0) is 6.42 Å². The molecule has 2 nitrogen and oxygen atoms in total. The number of halogens is 1. The summed E-state index contributed by atoms with van der Waals surface area (Å²) in [5, 5.41) is 0. The number of nitrogens with two attached hydrogens (primary N) is 1. The summed E-state index contributed by atoms with van der Waals surface area (Å²) in [7, 11) is 1.71. The van der Waals surface area contributed by atoms with Gasteiger partial charge in [-0.15, -0.1) is 0 Å². The number of hydrogen-bond donors (Lipinski definition) is 1. The molecule has 0 bridgehead atoms. The standard InChI is InChI=1S/C12H16BrNO/c1-15-11-3-2-10(13)8-9(11)4-5-12(14)6-7-12/h2-3,8H,4-7,14H2,1H3. The van der Waals surface area contributed by atoms with Crippen molar-refractivity contribution in [1.82, 2.24) is 0 Å². The lowest BCUT2D eigenvalue weighted by Crippen LogP contribution is -2.22. The van der Waals surface area contributed by atoms with Crippen LogP contribution in [0.4, 0.5) is 0 Å². The first kappa shape index (κ1) is 11.0. The van der Waals surface area contributed by atoms with Crippen LogP contribution in [0.1, 0.15) is 24.8 Å². The van der Waals surface area contributed by atoms with Crippen molar-refractivity contribution in [2.45, 2.75) is 31.2 Å². The zero-order valence-corrected chi connectivity index (χ0v) is 10.5. The predicted octanol–water partition coefficient (Wildman–Crippen LogP) is 2.88. The average Bonchev–Trinajstić information content (AvgIpc) is 2.95. The van der Waals surface area contributed by atoms with Gasteiger partial charge in [0, 0.05) is 10.0 Å². The molecule has 0 amide bonds. The molecule has 1 aliphatic rings. The van der Waals surface area contributed by atoms with Gasteiger partial charge >= 0.3 is 0 Å². The van der Waals surface area contributed by atoms with Crippen LogP contribution in [0.15, 0.2) is 22.7 Å². The molecule has 1 fully saturated rings. The van der Waals surface area contributed by atoms with Crippen molar-refractivity contribution in [3.05, 3.63) is 28.2 Å². The van der Waals surface area contributed by atoms with E-state index in [9.17, 15) is 0 Å². The summed E-state index contributed by atoms with van der Waals surface area (Å²) < 4.78 is 6.42. The van der Waals surface area contributed by atoms with E-state index in [1.165, 1.54) is 18.4 Å². The van der Waals surface area contributed by atoms with E-state index in [-0.39, 0.29) is 5.54 Å². The van der Waals surface area contributed by atoms with Crippen LogP contribution in [0, 0.1) is 0 Å². The minimum atomic E-state index is 0.118. The molecule has 0 atom stereocenters. The average molecular weight is 270 g/mol. The molecule has 0 heterocycles. The predicted molar refractivity (Wildman–Crippen MR) is 65.2 cm³/mol. The highest BCUT2D eigenvalue weighted by Gasteiger charge is 2.37. The summed E-state index contributed by atoms with van der Waals surface area (Å²) in [5.41, 5.74) is 7.43. The van der Waals surface area contributed by atoms with Gasteiger partial charge in [0.1, 0.15) is 5.75 Å². The number of benzene rings is 1. The lowest BCUT2D eigenvalue weighted by molar-refractivity contribution is 0.408. The van der Waals surface area contributed by atoms with E-state index >= 15 is 0 Å². The van der Waals surface area contributed by atoms with Crippen LogP contribution < -0.4 is 10.5 Å². The maximum Gasteiger partial charge on any atom is 0.122 e. The Morgan fingerprint density at radius 1 is 1.47 bits per heavy atom. The van der Waals surface area contributed by atoms with E-state index in [4.69, 9.17) is 10.5 Å². The SMILES string of the molecule is COc1ccc(Br)cc1CCC1(N)CC1. The zero-order chi connectivity index (χ0) is 10.9. The highest BCUT2D eigenvalue weighted by Crippen LogP contribution is 2.37. The molecular formula is C12H16BrNO. The van der Waals surface area contributed by atoms with Crippen LogP contribution in [0.5, 0.6) is 5.75 Å². The first-order chi connectivity index (χ1) is 7.13. The molecule has 15 heavy (non-hydrogen) atoms. The summed E-state index contributed by atoms with van der Waals surface area (Å²) in [6, 6.07) is 6.11. The maximum atomic E-state index is 6.07. The third-order valence-corrected chi connectivity index (χ3v) is 3.52. The van der Waals surface area contributed by atoms with Gasteiger partial charge in [-0.1, -0.05) is 15.9 Å². The number of methoxy groups -OCH3 is 1. The van der Waals surface area contributed by atoms with Crippen molar-refractivity contribution >= 4 is 15.9 Å². The summed E-state index contributed by atoms with van der Waals surface area (Å²) >= 11 is 3.47. The molecule has 1 aliphatic carbocycles. The van der Waals surface area contributed by atoms with Crippen LogP contribution >= 0.6 is 15.9 Å². The van der Waals surface area contributed by atoms with E-state index in [0.717, 1.165) is 23.1 Å². The fourth-order valence-corrected chi connectivity index (χ4v) is 2.15. The van der Waals surface area contributed by atoms with Gasteiger partial charge < -0.3 is 10.5 Å². The van der Waals surface area contributed by atoms with E-state index in [1.807, 2.05) is 12.1 Å². The largest absolute Gasteiger partial charge is 0.496 e. The molecule has 0 unspecified atom stereocenters. The van der Waals surface area contributed by atoms with Crippen LogP contribution in [0.2, 0.25) is 0 Å². The van der Waals surface area contributed by atoms with Gasteiger partial charge in [-0.2, -0.15) is 0 Å². The summed E-state index contributed by atoms with van der Waals surface area (Å²) in [6.45, 7) is 0. The third kappa shape index (κ3) is 2.73. The van der Waals surface area contributed by atoms with Gasteiger partial charge in [-0.3, -0.25) is 0 Å². The van der Waals surface area contributed by atoms with Gasteiger partial charge in [0.15, 0.2) is 0 Å². The minimum absolute atomic E-state index is 0.118. The van der Waals surface area contributed by atoms with Gasteiger partial charge in [0.05, 0.1) is 7.11 Å². The summed E-state index contributed by atoms with van der Waals surface area (Å²) in [5.74, 6) is 0.961. The Morgan fingerprint density at radius 2 is 2.20 bits per heavy atom. The van der Waals surface area contributed by atoms with Crippen LogP contribution in [0.25, 0.3) is 0 Å². The number of aryl methyl sites for hydroxylation is 1. The molecule has 82 valence electrons.